The first kappa shape index (κ1) is 22.7. The molecule has 0 atom stereocenters. The zero-order valence-corrected chi connectivity index (χ0v) is 18.9. The van der Waals surface area contributed by atoms with Gasteiger partial charge >= 0.3 is 0 Å². The lowest BCUT2D eigenvalue weighted by Crippen LogP contribution is -3.00. The molecular formula is C19H15Br2N4O3S-. The number of amides is 1. The van der Waals surface area contributed by atoms with Gasteiger partial charge in [0.25, 0.3) is 11.6 Å². The number of nitrogens with zero attached hydrogens (tertiary/aromatic N) is 3. The fourth-order valence-corrected chi connectivity index (χ4v) is 3.64. The summed E-state index contributed by atoms with van der Waals surface area (Å²) in [4.78, 5) is 23.4. The third kappa shape index (κ3) is 5.49. The van der Waals surface area contributed by atoms with Crippen molar-refractivity contribution in [1.82, 2.24) is 9.99 Å². The molecule has 2 aromatic carbocycles. The number of hydrogen-bond donors (Lipinski definition) is 1. The van der Waals surface area contributed by atoms with E-state index in [1.165, 1.54) is 23.5 Å². The van der Waals surface area contributed by atoms with Gasteiger partial charge in [0.05, 0.1) is 10.6 Å². The van der Waals surface area contributed by atoms with E-state index in [4.69, 9.17) is 0 Å². The Hall–Kier alpha value is -2.56. The molecule has 3 aromatic rings. The minimum atomic E-state index is -0.433. The van der Waals surface area contributed by atoms with Gasteiger partial charge in [-0.15, -0.1) is 23.0 Å². The maximum atomic E-state index is 12.3. The number of nitrogens with one attached hydrogen (secondary N) is 1. The summed E-state index contributed by atoms with van der Waals surface area (Å²) in [6.45, 7) is 4.19. The van der Waals surface area contributed by atoms with Gasteiger partial charge in [0.2, 0.25) is 4.80 Å². The third-order valence-corrected chi connectivity index (χ3v) is 5.21. The number of carbonyl (C=O) groups excluding carboxylic acids is 1. The summed E-state index contributed by atoms with van der Waals surface area (Å²) in [6.07, 6.45) is 1.70. The highest BCUT2D eigenvalue weighted by molar-refractivity contribution is 9.10. The van der Waals surface area contributed by atoms with Crippen molar-refractivity contribution < 1.29 is 26.7 Å². The first-order valence-corrected chi connectivity index (χ1v) is 9.80. The SMILES string of the molecule is C=CCn1c(-c2cccc([N+](=O)[O-])c2)cs/c1=N/NC(=O)c1ccc(Br)cc1.[Br-]. The Kier molecular flexibility index (Phi) is 8.06. The van der Waals surface area contributed by atoms with Crippen molar-refractivity contribution in [3.63, 3.8) is 0 Å². The highest BCUT2D eigenvalue weighted by Crippen LogP contribution is 2.24. The van der Waals surface area contributed by atoms with Gasteiger partial charge in [0.1, 0.15) is 0 Å². The number of aromatic nitrogens is 1. The van der Waals surface area contributed by atoms with Gasteiger partial charge in [-0.25, -0.2) is 5.43 Å². The minimum absolute atomic E-state index is 0. The molecule has 0 unspecified atom stereocenters. The van der Waals surface area contributed by atoms with Crippen molar-refractivity contribution in [2.75, 3.05) is 0 Å². The van der Waals surface area contributed by atoms with E-state index in [9.17, 15) is 14.9 Å². The Morgan fingerprint density at radius 1 is 1.31 bits per heavy atom. The summed E-state index contributed by atoms with van der Waals surface area (Å²) >= 11 is 4.65. The molecule has 7 nitrogen and oxygen atoms in total. The van der Waals surface area contributed by atoms with Crippen molar-refractivity contribution in [2.45, 2.75) is 6.54 Å². The molecule has 0 radical (unpaired) electrons. The van der Waals surface area contributed by atoms with Crippen LogP contribution in [-0.2, 0) is 6.54 Å². The van der Waals surface area contributed by atoms with Crippen molar-refractivity contribution in [3.8, 4) is 11.3 Å². The predicted octanol–water partition coefficient (Wildman–Crippen LogP) is 1.32. The normalized spacial score (nSPS) is 10.9. The van der Waals surface area contributed by atoms with Crippen molar-refractivity contribution in [3.05, 3.63) is 91.5 Å². The van der Waals surface area contributed by atoms with Crippen LogP contribution >= 0.6 is 27.3 Å². The Morgan fingerprint density at radius 3 is 2.69 bits per heavy atom. The molecule has 0 aliphatic carbocycles. The van der Waals surface area contributed by atoms with Gasteiger partial charge < -0.3 is 21.5 Å². The van der Waals surface area contributed by atoms with Crippen LogP contribution in [0, 0.1) is 10.1 Å². The van der Waals surface area contributed by atoms with Gasteiger partial charge in [-0.2, -0.15) is 0 Å². The second-order valence-electron chi connectivity index (χ2n) is 5.67. The van der Waals surface area contributed by atoms with Crippen LogP contribution in [0.2, 0.25) is 0 Å². The second-order valence-corrected chi connectivity index (χ2v) is 7.42. The molecule has 1 N–H and O–H groups in total. The summed E-state index contributed by atoms with van der Waals surface area (Å²) in [6, 6.07) is 13.3. The highest BCUT2D eigenvalue weighted by Gasteiger charge is 2.12. The number of nitro groups is 1. The Labute approximate surface area is 189 Å². The van der Waals surface area contributed by atoms with Gasteiger partial charge in [0, 0.05) is 39.7 Å². The molecule has 0 aliphatic rings. The van der Waals surface area contributed by atoms with E-state index in [-0.39, 0.29) is 28.6 Å². The summed E-state index contributed by atoms with van der Waals surface area (Å²) in [7, 11) is 0. The molecule has 150 valence electrons. The van der Waals surface area contributed by atoms with E-state index in [0.717, 1.165) is 10.2 Å². The van der Waals surface area contributed by atoms with Crippen molar-refractivity contribution in [2.24, 2.45) is 5.10 Å². The van der Waals surface area contributed by atoms with Crippen molar-refractivity contribution in [1.29, 1.82) is 0 Å². The number of benzene rings is 2. The average Bonchev–Trinajstić information content (AvgIpc) is 3.09. The fourth-order valence-electron chi connectivity index (χ4n) is 2.50. The molecule has 0 spiro atoms. The molecule has 0 fully saturated rings. The van der Waals surface area contributed by atoms with Crippen LogP contribution in [0.4, 0.5) is 5.69 Å². The third-order valence-electron chi connectivity index (χ3n) is 3.82. The van der Waals surface area contributed by atoms with Crippen LogP contribution in [0.3, 0.4) is 0 Å². The number of non-ortho nitro benzene ring substituents is 1. The standard InChI is InChI=1S/C19H15BrN4O3S.BrH/c1-2-10-23-17(14-4-3-5-16(11-14)24(26)27)12-28-19(23)22-21-18(25)13-6-8-15(20)9-7-13;/h2-9,11-12H,1,10H2,(H,21,25);1H/p-1/b22-19+;. The quantitative estimate of drug-likeness (QED) is 0.291. The topological polar surface area (TPSA) is 89.5 Å². The molecular weight excluding hydrogens is 524 g/mol. The maximum absolute atomic E-state index is 12.3. The molecule has 0 saturated heterocycles. The first-order valence-electron chi connectivity index (χ1n) is 8.13. The van der Waals surface area contributed by atoms with Gasteiger partial charge in [0.15, 0.2) is 0 Å². The zero-order valence-electron chi connectivity index (χ0n) is 14.9. The van der Waals surface area contributed by atoms with Gasteiger partial charge in [-0.3, -0.25) is 14.9 Å². The lowest BCUT2D eigenvalue weighted by molar-refractivity contribution is -0.384. The van der Waals surface area contributed by atoms with Crippen LogP contribution in [0.15, 0.2) is 76.1 Å². The summed E-state index contributed by atoms with van der Waals surface area (Å²) in [5, 5.41) is 17.1. The Morgan fingerprint density at radius 2 is 2.03 bits per heavy atom. The average molecular weight is 539 g/mol. The molecule has 0 bridgehead atoms. The number of hydrogen-bond acceptors (Lipinski definition) is 5. The maximum Gasteiger partial charge on any atom is 0.271 e. The molecule has 3 rings (SSSR count). The predicted molar refractivity (Wildman–Crippen MR) is 112 cm³/mol. The Bertz CT molecular complexity index is 1110. The first-order chi connectivity index (χ1) is 13.5. The highest BCUT2D eigenvalue weighted by atomic mass is 79.9. The van der Waals surface area contributed by atoms with Crippen LogP contribution in [-0.4, -0.2) is 15.4 Å². The smallest absolute Gasteiger partial charge is 0.271 e. The fraction of sp³-hybridized carbons (Fsp3) is 0.0526. The minimum Gasteiger partial charge on any atom is -1.00 e. The van der Waals surface area contributed by atoms with Crippen LogP contribution < -0.4 is 27.2 Å². The summed E-state index contributed by atoms with van der Waals surface area (Å²) in [5.74, 6) is -0.331. The second kappa shape index (κ2) is 10.3. The van der Waals surface area contributed by atoms with Crippen LogP contribution in [0.25, 0.3) is 11.3 Å². The molecule has 1 heterocycles. The number of halogens is 2. The van der Waals surface area contributed by atoms with E-state index in [1.807, 2.05) is 9.95 Å². The lowest BCUT2D eigenvalue weighted by atomic mass is 10.1. The van der Waals surface area contributed by atoms with Crippen LogP contribution in [0.5, 0.6) is 0 Å². The monoisotopic (exact) mass is 537 g/mol. The number of thiazole rings is 1. The summed E-state index contributed by atoms with van der Waals surface area (Å²) < 4.78 is 2.71. The van der Waals surface area contributed by atoms with Crippen LogP contribution in [0.1, 0.15) is 10.4 Å². The van der Waals surface area contributed by atoms with E-state index in [0.29, 0.717) is 22.5 Å². The van der Waals surface area contributed by atoms with E-state index < -0.39 is 4.92 Å². The number of nitro benzene ring substituents is 1. The number of rotatable bonds is 6. The lowest BCUT2D eigenvalue weighted by Gasteiger charge is -2.06. The number of allylic oxidation sites excluding steroid dienone is 1. The van der Waals surface area contributed by atoms with E-state index in [1.54, 1.807) is 42.5 Å². The van der Waals surface area contributed by atoms with Crippen molar-refractivity contribution >= 4 is 38.9 Å². The van der Waals surface area contributed by atoms with Gasteiger partial charge in [-0.1, -0.05) is 34.1 Å². The Balaban J connectivity index is 0.00000300. The van der Waals surface area contributed by atoms with E-state index >= 15 is 0 Å². The molecule has 0 saturated carbocycles. The molecule has 29 heavy (non-hydrogen) atoms. The molecule has 1 amide bonds. The molecule has 10 heteroatoms. The largest absolute Gasteiger partial charge is 1.00 e. The molecule has 0 aliphatic heterocycles. The zero-order chi connectivity index (χ0) is 20.1. The number of carbonyl (C=O) groups is 1. The van der Waals surface area contributed by atoms with Gasteiger partial charge in [-0.05, 0) is 24.3 Å². The molecule has 1 aromatic heterocycles. The van der Waals surface area contributed by atoms with E-state index in [2.05, 4.69) is 33.0 Å². The summed E-state index contributed by atoms with van der Waals surface area (Å²) in [5.41, 5.74) is 4.48.